The molecule has 3 heteroatoms. The first-order valence-electron chi connectivity index (χ1n) is 3.28. The van der Waals surface area contributed by atoms with Crippen molar-refractivity contribution in [3.8, 4) is 0 Å². The second-order valence-electron chi connectivity index (χ2n) is 2.38. The molecule has 0 aliphatic carbocycles. The first-order valence-corrected chi connectivity index (χ1v) is 4.57. The van der Waals surface area contributed by atoms with Crippen LogP contribution in [0.15, 0.2) is 0 Å². The normalized spacial score (nSPS) is 30.7. The van der Waals surface area contributed by atoms with E-state index < -0.39 is 0 Å². The molecular weight excluding hydrogens is 132 g/mol. The second kappa shape index (κ2) is 3.44. The van der Waals surface area contributed by atoms with Gasteiger partial charge >= 0.3 is 0 Å². The number of thioether (sulfide) groups is 1. The highest BCUT2D eigenvalue weighted by atomic mass is 32.2. The van der Waals surface area contributed by atoms with Gasteiger partial charge in [0.2, 0.25) is 0 Å². The summed E-state index contributed by atoms with van der Waals surface area (Å²) in [6, 6.07) is 0. The van der Waals surface area contributed by atoms with E-state index in [9.17, 15) is 0 Å². The summed E-state index contributed by atoms with van der Waals surface area (Å²) in [6.07, 6.45) is 2.16. The van der Waals surface area contributed by atoms with Crippen molar-refractivity contribution in [2.45, 2.75) is 5.37 Å². The van der Waals surface area contributed by atoms with E-state index in [-0.39, 0.29) is 0 Å². The van der Waals surface area contributed by atoms with Crippen LogP contribution < -0.4 is 5.32 Å². The van der Waals surface area contributed by atoms with Gasteiger partial charge in [0.25, 0.3) is 0 Å². The standard InChI is InChI=1S/C6H14N2S/c1-8-4-3-7-5-6(8)9-2/h6-7H,3-5H2,1-2H3. The average Bonchev–Trinajstić information content (AvgIpc) is 1.89. The molecular formula is C6H14N2S. The van der Waals surface area contributed by atoms with Gasteiger partial charge in [-0.15, -0.1) is 11.8 Å². The molecule has 1 aliphatic rings. The largest absolute Gasteiger partial charge is 0.313 e. The number of likely N-dealkylation sites (N-methyl/N-ethyl adjacent to an activating group) is 1. The Labute approximate surface area is 61.0 Å². The highest BCUT2D eigenvalue weighted by molar-refractivity contribution is 7.99. The van der Waals surface area contributed by atoms with E-state index in [0.717, 1.165) is 13.1 Å². The summed E-state index contributed by atoms with van der Waals surface area (Å²) in [5, 5.41) is 4.05. The van der Waals surface area contributed by atoms with Gasteiger partial charge in [-0.3, -0.25) is 4.90 Å². The lowest BCUT2D eigenvalue weighted by atomic mass is 10.4. The molecule has 1 fully saturated rings. The number of rotatable bonds is 1. The Morgan fingerprint density at radius 2 is 2.44 bits per heavy atom. The molecule has 1 aliphatic heterocycles. The SMILES string of the molecule is CSC1CNCCN1C. The lowest BCUT2D eigenvalue weighted by molar-refractivity contribution is 0.266. The van der Waals surface area contributed by atoms with Crippen LogP contribution in [0.5, 0.6) is 0 Å². The number of piperazine rings is 1. The van der Waals surface area contributed by atoms with E-state index in [2.05, 4.69) is 23.5 Å². The number of hydrogen-bond donors (Lipinski definition) is 1. The quantitative estimate of drug-likeness (QED) is 0.569. The van der Waals surface area contributed by atoms with Crippen molar-refractivity contribution >= 4 is 11.8 Å². The lowest BCUT2D eigenvalue weighted by Gasteiger charge is -2.31. The van der Waals surface area contributed by atoms with E-state index in [1.165, 1.54) is 6.54 Å². The zero-order chi connectivity index (χ0) is 6.69. The summed E-state index contributed by atoms with van der Waals surface area (Å²) in [5.41, 5.74) is 0. The molecule has 0 radical (unpaired) electrons. The summed E-state index contributed by atoms with van der Waals surface area (Å²) < 4.78 is 0. The fraction of sp³-hybridized carbons (Fsp3) is 1.00. The molecule has 0 saturated carbocycles. The summed E-state index contributed by atoms with van der Waals surface area (Å²) in [6.45, 7) is 3.47. The lowest BCUT2D eigenvalue weighted by Crippen LogP contribution is -2.47. The fourth-order valence-electron chi connectivity index (χ4n) is 1.04. The van der Waals surface area contributed by atoms with Crippen molar-refractivity contribution in [1.29, 1.82) is 0 Å². The maximum atomic E-state index is 3.35. The Bertz CT molecular complexity index is 87.1. The van der Waals surface area contributed by atoms with E-state index in [1.54, 1.807) is 0 Å². The Hall–Kier alpha value is 0.270. The zero-order valence-corrected chi connectivity index (χ0v) is 6.87. The third kappa shape index (κ3) is 1.85. The van der Waals surface area contributed by atoms with Gasteiger partial charge in [-0.25, -0.2) is 0 Å². The smallest absolute Gasteiger partial charge is 0.0678 e. The molecule has 0 aromatic rings. The third-order valence-corrected chi connectivity index (χ3v) is 2.79. The van der Waals surface area contributed by atoms with Crippen LogP contribution in [-0.4, -0.2) is 43.2 Å². The average molecular weight is 146 g/mol. The van der Waals surface area contributed by atoms with Gasteiger partial charge in [0.05, 0.1) is 5.37 Å². The van der Waals surface area contributed by atoms with E-state index in [4.69, 9.17) is 0 Å². The monoisotopic (exact) mass is 146 g/mol. The molecule has 0 aromatic carbocycles. The van der Waals surface area contributed by atoms with Crippen LogP contribution >= 0.6 is 11.8 Å². The van der Waals surface area contributed by atoms with Gasteiger partial charge in [0, 0.05) is 19.6 Å². The first kappa shape index (κ1) is 7.38. The van der Waals surface area contributed by atoms with Gasteiger partial charge in [-0.05, 0) is 13.3 Å². The molecule has 9 heavy (non-hydrogen) atoms. The Kier molecular flexibility index (Phi) is 2.82. The third-order valence-electron chi connectivity index (χ3n) is 1.72. The topological polar surface area (TPSA) is 15.3 Å². The summed E-state index contributed by atoms with van der Waals surface area (Å²) in [5.74, 6) is 0. The molecule has 0 aromatic heterocycles. The summed E-state index contributed by atoms with van der Waals surface area (Å²) >= 11 is 1.92. The van der Waals surface area contributed by atoms with Gasteiger partial charge in [-0.1, -0.05) is 0 Å². The van der Waals surface area contributed by atoms with Crippen LogP contribution in [0.25, 0.3) is 0 Å². The molecule has 0 spiro atoms. The Morgan fingerprint density at radius 1 is 1.67 bits per heavy atom. The molecule has 0 amide bonds. The number of nitrogens with zero attached hydrogens (tertiary/aromatic N) is 1. The minimum atomic E-state index is 0.693. The van der Waals surface area contributed by atoms with Crippen molar-refractivity contribution < 1.29 is 0 Å². The van der Waals surface area contributed by atoms with Crippen molar-refractivity contribution in [2.75, 3.05) is 32.9 Å². The molecule has 1 heterocycles. The van der Waals surface area contributed by atoms with Gasteiger partial charge < -0.3 is 5.32 Å². The molecule has 1 rings (SSSR count). The van der Waals surface area contributed by atoms with E-state index in [0.29, 0.717) is 5.37 Å². The highest BCUT2D eigenvalue weighted by Crippen LogP contribution is 2.10. The van der Waals surface area contributed by atoms with Crippen molar-refractivity contribution in [3.63, 3.8) is 0 Å². The second-order valence-corrected chi connectivity index (χ2v) is 3.39. The van der Waals surface area contributed by atoms with Gasteiger partial charge in [0.1, 0.15) is 0 Å². The molecule has 1 N–H and O–H groups in total. The van der Waals surface area contributed by atoms with Gasteiger partial charge in [0.15, 0.2) is 0 Å². The Morgan fingerprint density at radius 3 is 2.89 bits per heavy atom. The molecule has 54 valence electrons. The Balaban J connectivity index is 2.30. The van der Waals surface area contributed by atoms with Gasteiger partial charge in [-0.2, -0.15) is 0 Å². The minimum absolute atomic E-state index is 0.693. The minimum Gasteiger partial charge on any atom is -0.313 e. The molecule has 0 bridgehead atoms. The van der Waals surface area contributed by atoms with Crippen LogP contribution in [-0.2, 0) is 0 Å². The molecule has 2 nitrogen and oxygen atoms in total. The van der Waals surface area contributed by atoms with Crippen LogP contribution in [0.4, 0.5) is 0 Å². The number of nitrogens with one attached hydrogen (secondary N) is 1. The summed E-state index contributed by atoms with van der Waals surface area (Å²) in [7, 11) is 2.18. The molecule has 1 saturated heterocycles. The molecule has 1 unspecified atom stereocenters. The molecule has 1 atom stereocenters. The van der Waals surface area contributed by atoms with Crippen molar-refractivity contribution in [1.82, 2.24) is 10.2 Å². The highest BCUT2D eigenvalue weighted by Gasteiger charge is 2.15. The van der Waals surface area contributed by atoms with Crippen LogP contribution in [0.2, 0.25) is 0 Å². The van der Waals surface area contributed by atoms with Crippen molar-refractivity contribution in [3.05, 3.63) is 0 Å². The predicted octanol–water partition coefficient (Wildman–Crippen LogP) is 0.210. The van der Waals surface area contributed by atoms with Crippen molar-refractivity contribution in [2.24, 2.45) is 0 Å². The van der Waals surface area contributed by atoms with Crippen LogP contribution in [0, 0.1) is 0 Å². The van der Waals surface area contributed by atoms with E-state index >= 15 is 0 Å². The van der Waals surface area contributed by atoms with E-state index in [1.807, 2.05) is 11.8 Å². The summed E-state index contributed by atoms with van der Waals surface area (Å²) in [4.78, 5) is 2.39. The predicted molar refractivity (Wildman–Crippen MR) is 42.8 cm³/mol. The van der Waals surface area contributed by atoms with Crippen LogP contribution in [0.1, 0.15) is 0 Å². The maximum absolute atomic E-state index is 3.35. The number of hydrogen-bond acceptors (Lipinski definition) is 3. The first-order chi connectivity index (χ1) is 4.34. The fourth-order valence-corrected chi connectivity index (χ4v) is 1.79. The maximum Gasteiger partial charge on any atom is 0.0678 e. The zero-order valence-electron chi connectivity index (χ0n) is 6.05. The van der Waals surface area contributed by atoms with Crippen LogP contribution in [0.3, 0.4) is 0 Å².